The van der Waals surface area contributed by atoms with Crippen molar-refractivity contribution >= 4 is 28.6 Å². The first-order chi connectivity index (χ1) is 13.9. The van der Waals surface area contributed by atoms with Gasteiger partial charge in [-0.15, -0.1) is 0 Å². The Morgan fingerprint density at radius 2 is 1.93 bits per heavy atom. The van der Waals surface area contributed by atoms with E-state index in [0.29, 0.717) is 44.1 Å². The molecule has 6 nitrogen and oxygen atoms in total. The Labute approximate surface area is 181 Å². The minimum absolute atomic E-state index is 0.0166. The van der Waals surface area contributed by atoms with Crippen LogP contribution in [0.4, 0.5) is 0 Å². The lowest BCUT2D eigenvalue weighted by Crippen LogP contribution is -2.13. The highest BCUT2D eigenvalue weighted by molar-refractivity contribution is 14.1. The number of hydrogen-bond donors (Lipinski definition) is 1. The first-order valence-corrected chi connectivity index (χ1v) is 9.90. The average molecular weight is 500 g/mol. The van der Waals surface area contributed by atoms with Gasteiger partial charge in [0.15, 0.2) is 11.5 Å². The number of nitrogens with one attached hydrogen (secondary N) is 1. The van der Waals surface area contributed by atoms with E-state index in [0.717, 1.165) is 0 Å². The van der Waals surface area contributed by atoms with Gasteiger partial charge in [0.05, 0.1) is 15.7 Å². The Morgan fingerprint density at radius 3 is 2.59 bits per heavy atom. The second-order valence-corrected chi connectivity index (χ2v) is 7.32. The number of benzene rings is 2. The van der Waals surface area contributed by atoms with E-state index in [1.54, 1.807) is 49.4 Å². The van der Waals surface area contributed by atoms with Crippen LogP contribution in [0.1, 0.15) is 28.5 Å². The summed E-state index contributed by atoms with van der Waals surface area (Å²) in [6.45, 7) is 3.92. The summed E-state index contributed by atoms with van der Waals surface area (Å²) >= 11 is 2.05. The maximum Gasteiger partial charge on any atom is 0.343 e. The van der Waals surface area contributed by atoms with Crippen LogP contribution in [-0.2, 0) is 0 Å². The normalized spacial score (nSPS) is 10.3. The Balaban J connectivity index is 2.10. The van der Waals surface area contributed by atoms with Crippen molar-refractivity contribution in [3.8, 4) is 28.7 Å². The number of ether oxygens (including phenoxy) is 2. The van der Waals surface area contributed by atoms with Gasteiger partial charge in [-0.25, -0.2) is 4.79 Å². The monoisotopic (exact) mass is 500 g/mol. The molecule has 1 heterocycles. The zero-order valence-corrected chi connectivity index (χ0v) is 17.9. The minimum Gasteiger partial charge on any atom is -0.490 e. The fourth-order valence-corrected chi connectivity index (χ4v) is 3.55. The number of carbonyl (C=O) groups excluding carboxylic acids is 1. The van der Waals surface area contributed by atoms with Crippen LogP contribution < -0.4 is 15.0 Å². The molecular formula is C22H17IN2O4. The van der Waals surface area contributed by atoms with Crippen molar-refractivity contribution in [3.63, 3.8) is 0 Å². The van der Waals surface area contributed by atoms with Crippen LogP contribution in [0.2, 0.25) is 0 Å². The number of pyridine rings is 1. The number of hydrogen-bond acceptors (Lipinski definition) is 5. The first kappa shape index (κ1) is 20.6. The molecule has 0 spiro atoms. The molecule has 0 bridgehead atoms. The zero-order chi connectivity index (χ0) is 21.0. The molecule has 0 amide bonds. The van der Waals surface area contributed by atoms with Crippen molar-refractivity contribution in [1.29, 1.82) is 5.26 Å². The number of aromatic nitrogens is 1. The standard InChI is InChI=1S/C22H17IN2O4/c1-3-28-19-11-15(16-9-13(2)25-21(26)17(16)12-24)10-18(23)20(19)29-22(27)14-7-5-4-6-8-14/h4-11H,3H2,1-2H3,(H,25,26). The van der Waals surface area contributed by atoms with Gasteiger partial charge < -0.3 is 14.5 Å². The van der Waals surface area contributed by atoms with Crippen molar-refractivity contribution in [2.24, 2.45) is 0 Å². The third-order valence-corrected chi connectivity index (χ3v) is 4.91. The number of rotatable bonds is 5. The van der Waals surface area contributed by atoms with Crippen LogP contribution >= 0.6 is 22.6 Å². The van der Waals surface area contributed by atoms with Gasteiger partial charge in [-0.3, -0.25) is 4.79 Å². The number of nitrogens with zero attached hydrogens (tertiary/aromatic N) is 1. The fraction of sp³-hybridized carbons (Fsp3) is 0.136. The van der Waals surface area contributed by atoms with Gasteiger partial charge in [0.25, 0.3) is 5.56 Å². The molecule has 3 rings (SSSR count). The molecule has 1 N–H and O–H groups in total. The third kappa shape index (κ3) is 4.49. The van der Waals surface area contributed by atoms with Gasteiger partial charge in [0.1, 0.15) is 11.6 Å². The largest absolute Gasteiger partial charge is 0.490 e. The molecule has 2 aromatic carbocycles. The zero-order valence-electron chi connectivity index (χ0n) is 15.8. The van der Waals surface area contributed by atoms with Crippen LogP contribution in [-0.4, -0.2) is 17.6 Å². The van der Waals surface area contributed by atoms with Crippen LogP contribution in [0, 0.1) is 21.8 Å². The van der Waals surface area contributed by atoms with Crippen molar-refractivity contribution in [3.05, 3.63) is 79.3 Å². The van der Waals surface area contributed by atoms with Gasteiger partial charge >= 0.3 is 5.97 Å². The lowest BCUT2D eigenvalue weighted by Gasteiger charge is -2.15. The summed E-state index contributed by atoms with van der Waals surface area (Å²) in [5.41, 5.74) is 1.75. The molecule has 146 valence electrons. The van der Waals surface area contributed by atoms with Crippen LogP contribution in [0.5, 0.6) is 11.5 Å². The number of nitriles is 1. The summed E-state index contributed by atoms with van der Waals surface area (Å²) in [6, 6.07) is 15.8. The quantitative estimate of drug-likeness (QED) is 0.318. The second-order valence-electron chi connectivity index (χ2n) is 6.16. The van der Waals surface area contributed by atoms with Crippen molar-refractivity contribution in [1.82, 2.24) is 4.98 Å². The number of H-pyrrole nitrogens is 1. The van der Waals surface area contributed by atoms with Crippen molar-refractivity contribution in [2.75, 3.05) is 6.61 Å². The molecule has 0 aliphatic heterocycles. The lowest BCUT2D eigenvalue weighted by molar-refractivity contribution is 0.0727. The Kier molecular flexibility index (Phi) is 6.34. The highest BCUT2D eigenvalue weighted by Gasteiger charge is 2.19. The van der Waals surface area contributed by atoms with Crippen molar-refractivity contribution in [2.45, 2.75) is 13.8 Å². The predicted molar refractivity (Wildman–Crippen MR) is 117 cm³/mol. The number of esters is 1. The van der Waals surface area contributed by atoms with Gasteiger partial charge in [0.2, 0.25) is 0 Å². The fourth-order valence-electron chi connectivity index (χ4n) is 2.84. The third-order valence-electron chi connectivity index (χ3n) is 4.10. The molecule has 3 aromatic rings. The number of carbonyl (C=O) groups is 1. The topological polar surface area (TPSA) is 92.2 Å². The highest BCUT2D eigenvalue weighted by atomic mass is 127. The van der Waals surface area contributed by atoms with E-state index in [9.17, 15) is 14.9 Å². The number of aromatic amines is 1. The summed E-state index contributed by atoms with van der Waals surface area (Å²) in [7, 11) is 0. The van der Waals surface area contributed by atoms with E-state index >= 15 is 0 Å². The summed E-state index contributed by atoms with van der Waals surface area (Å²) in [5.74, 6) is 0.160. The molecule has 0 unspecified atom stereocenters. The van der Waals surface area contributed by atoms with Crippen molar-refractivity contribution < 1.29 is 14.3 Å². The van der Waals surface area contributed by atoms with E-state index in [1.807, 2.05) is 41.7 Å². The molecule has 0 atom stereocenters. The maximum atomic E-state index is 12.5. The summed E-state index contributed by atoms with van der Waals surface area (Å²) in [5, 5.41) is 9.42. The van der Waals surface area contributed by atoms with Gasteiger partial charge in [-0.2, -0.15) is 5.26 Å². The molecule has 0 aliphatic rings. The molecule has 0 aliphatic carbocycles. The molecule has 0 radical (unpaired) electrons. The molecule has 0 fully saturated rings. The van der Waals surface area contributed by atoms with Gasteiger partial charge in [-0.05, 0) is 72.3 Å². The van der Waals surface area contributed by atoms with Crippen LogP contribution in [0.15, 0.2) is 53.3 Å². The van der Waals surface area contributed by atoms with Gasteiger partial charge in [-0.1, -0.05) is 18.2 Å². The predicted octanol–water partition coefficient (Wildman–Crippen LogP) is 4.44. The smallest absolute Gasteiger partial charge is 0.343 e. The molecular weight excluding hydrogens is 483 g/mol. The summed E-state index contributed by atoms with van der Waals surface area (Å²) in [4.78, 5) is 27.3. The van der Waals surface area contributed by atoms with E-state index in [2.05, 4.69) is 4.98 Å². The molecule has 1 aromatic heterocycles. The Hall–Kier alpha value is -3.12. The van der Waals surface area contributed by atoms with E-state index < -0.39 is 11.5 Å². The minimum atomic E-state index is -0.498. The van der Waals surface area contributed by atoms with E-state index in [4.69, 9.17) is 9.47 Å². The Morgan fingerprint density at radius 1 is 1.21 bits per heavy atom. The van der Waals surface area contributed by atoms with E-state index in [-0.39, 0.29) is 5.56 Å². The summed E-state index contributed by atoms with van der Waals surface area (Å²) in [6.07, 6.45) is 0. The highest BCUT2D eigenvalue weighted by Crippen LogP contribution is 2.38. The summed E-state index contributed by atoms with van der Waals surface area (Å²) < 4.78 is 11.9. The van der Waals surface area contributed by atoms with E-state index in [1.165, 1.54) is 0 Å². The molecule has 0 saturated heterocycles. The van der Waals surface area contributed by atoms with Crippen LogP contribution in [0.25, 0.3) is 11.1 Å². The maximum absolute atomic E-state index is 12.5. The molecule has 29 heavy (non-hydrogen) atoms. The molecule has 7 heteroatoms. The van der Waals surface area contributed by atoms with Gasteiger partial charge in [0, 0.05) is 11.3 Å². The first-order valence-electron chi connectivity index (χ1n) is 8.82. The Bertz CT molecular complexity index is 1160. The number of halogens is 1. The van der Waals surface area contributed by atoms with Crippen LogP contribution in [0.3, 0.4) is 0 Å². The average Bonchev–Trinajstić information content (AvgIpc) is 2.70. The lowest BCUT2D eigenvalue weighted by atomic mass is 10.0. The second kappa shape index (κ2) is 8.92. The molecule has 0 saturated carbocycles. The number of aryl methyl sites for hydroxylation is 1. The SMILES string of the molecule is CCOc1cc(-c2cc(C)[nH]c(=O)c2C#N)cc(I)c1OC(=O)c1ccccc1.